The van der Waals surface area contributed by atoms with Crippen molar-refractivity contribution in [3.8, 4) is 5.75 Å². The summed E-state index contributed by atoms with van der Waals surface area (Å²) < 4.78 is 5.29. The van der Waals surface area contributed by atoms with Crippen LogP contribution in [0.15, 0.2) is 18.2 Å². The van der Waals surface area contributed by atoms with Crippen molar-refractivity contribution in [1.82, 2.24) is 5.32 Å². The Morgan fingerprint density at radius 2 is 2.16 bits per heavy atom. The molecule has 0 spiro atoms. The number of rotatable bonds is 5. The number of amides is 1. The van der Waals surface area contributed by atoms with Gasteiger partial charge in [-0.05, 0) is 31.4 Å². The Labute approximate surface area is 121 Å². The zero-order valence-corrected chi connectivity index (χ0v) is 11.8. The van der Waals surface area contributed by atoms with Crippen molar-refractivity contribution < 1.29 is 14.6 Å². The van der Waals surface area contributed by atoms with E-state index in [1.807, 2.05) is 0 Å². The minimum atomic E-state index is -0.733. The number of ether oxygens (including phenoxy) is 1. The van der Waals surface area contributed by atoms with Crippen molar-refractivity contribution >= 4 is 29.1 Å². The molecule has 0 atom stereocenters. The molecule has 2 N–H and O–H groups in total. The molecule has 0 radical (unpaired) electrons. The quantitative estimate of drug-likeness (QED) is 0.878. The largest absolute Gasteiger partial charge is 0.482 e. The molecule has 0 unspecified atom stereocenters. The topological polar surface area (TPSA) is 58.6 Å². The minimum absolute atomic E-state index is 0.157. The van der Waals surface area contributed by atoms with Crippen molar-refractivity contribution in [2.45, 2.75) is 24.9 Å². The molecule has 6 heteroatoms. The van der Waals surface area contributed by atoms with E-state index in [1.165, 1.54) is 0 Å². The fourth-order valence-corrected chi connectivity index (χ4v) is 2.14. The van der Waals surface area contributed by atoms with Gasteiger partial charge in [0.15, 0.2) is 6.61 Å². The molecule has 1 aliphatic rings. The molecule has 0 heterocycles. The van der Waals surface area contributed by atoms with Gasteiger partial charge in [-0.1, -0.05) is 23.2 Å². The molecule has 1 saturated carbocycles. The van der Waals surface area contributed by atoms with Crippen LogP contribution in [-0.4, -0.2) is 29.8 Å². The van der Waals surface area contributed by atoms with Crippen molar-refractivity contribution in [3.05, 3.63) is 28.2 Å². The van der Waals surface area contributed by atoms with Gasteiger partial charge >= 0.3 is 0 Å². The van der Waals surface area contributed by atoms with E-state index in [4.69, 9.17) is 27.9 Å². The highest BCUT2D eigenvalue weighted by atomic mass is 35.5. The monoisotopic (exact) mass is 303 g/mol. The molecule has 4 nitrogen and oxygen atoms in total. The third-order valence-electron chi connectivity index (χ3n) is 3.15. The summed E-state index contributed by atoms with van der Waals surface area (Å²) in [7, 11) is 0. The van der Waals surface area contributed by atoms with Gasteiger partial charge in [0.05, 0.1) is 10.6 Å². The van der Waals surface area contributed by atoms with E-state index in [1.54, 1.807) is 18.2 Å². The van der Waals surface area contributed by atoms with Crippen LogP contribution in [-0.2, 0) is 4.79 Å². The molecule has 1 fully saturated rings. The molecule has 19 heavy (non-hydrogen) atoms. The van der Waals surface area contributed by atoms with Crippen LogP contribution in [0.25, 0.3) is 0 Å². The van der Waals surface area contributed by atoms with Crippen molar-refractivity contribution in [3.63, 3.8) is 0 Å². The third-order valence-corrected chi connectivity index (χ3v) is 3.70. The number of halogens is 2. The maximum absolute atomic E-state index is 11.6. The summed E-state index contributed by atoms with van der Waals surface area (Å²) in [5.41, 5.74) is -0.733. The number of benzene rings is 1. The van der Waals surface area contributed by atoms with Crippen LogP contribution in [0.5, 0.6) is 5.75 Å². The summed E-state index contributed by atoms with van der Waals surface area (Å²) in [6.07, 6.45) is 2.46. The Balaban J connectivity index is 1.78. The van der Waals surface area contributed by atoms with Crippen LogP contribution < -0.4 is 10.1 Å². The molecule has 1 amide bonds. The van der Waals surface area contributed by atoms with Gasteiger partial charge in [0.25, 0.3) is 5.91 Å². The van der Waals surface area contributed by atoms with Crippen molar-refractivity contribution in [2.75, 3.05) is 13.2 Å². The van der Waals surface area contributed by atoms with Gasteiger partial charge < -0.3 is 15.2 Å². The number of hydrogen-bond acceptors (Lipinski definition) is 3. The van der Waals surface area contributed by atoms with Gasteiger partial charge in [0.2, 0.25) is 0 Å². The Hall–Kier alpha value is -0.970. The fraction of sp³-hybridized carbons (Fsp3) is 0.462. The highest BCUT2D eigenvalue weighted by molar-refractivity contribution is 6.34. The third kappa shape index (κ3) is 4.00. The van der Waals surface area contributed by atoms with Gasteiger partial charge in [-0.2, -0.15) is 0 Å². The summed E-state index contributed by atoms with van der Waals surface area (Å²) in [6, 6.07) is 4.80. The van der Waals surface area contributed by atoms with E-state index in [2.05, 4.69) is 5.32 Å². The molecular formula is C13H15Cl2NO3. The molecule has 1 aromatic rings. The Bertz CT molecular complexity index is 475. The first-order valence-electron chi connectivity index (χ1n) is 6.05. The Morgan fingerprint density at radius 3 is 2.79 bits per heavy atom. The van der Waals surface area contributed by atoms with Gasteiger partial charge in [-0.15, -0.1) is 0 Å². The zero-order valence-electron chi connectivity index (χ0n) is 10.3. The van der Waals surface area contributed by atoms with E-state index in [0.717, 1.165) is 19.3 Å². The average Bonchev–Trinajstić information content (AvgIpc) is 2.35. The summed E-state index contributed by atoms with van der Waals surface area (Å²) in [6.45, 7) is 0.106. The molecule has 104 valence electrons. The molecule has 1 aromatic carbocycles. The van der Waals surface area contributed by atoms with Gasteiger partial charge in [0, 0.05) is 17.6 Å². The standard InChI is InChI=1S/C13H15Cl2NO3/c14-9-2-3-10(15)11(6-9)19-7-12(17)16-8-13(18)4-1-5-13/h2-3,6,18H,1,4-5,7-8H2,(H,16,17). The second-order valence-electron chi connectivity index (χ2n) is 4.72. The molecule has 0 bridgehead atoms. The number of aliphatic hydroxyl groups is 1. The van der Waals surface area contributed by atoms with Crippen LogP contribution in [0.2, 0.25) is 10.0 Å². The van der Waals surface area contributed by atoms with Crippen LogP contribution >= 0.6 is 23.2 Å². The van der Waals surface area contributed by atoms with E-state index in [-0.39, 0.29) is 19.1 Å². The van der Waals surface area contributed by atoms with Crippen molar-refractivity contribution in [2.24, 2.45) is 0 Å². The summed E-state index contributed by atoms with van der Waals surface area (Å²) in [5, 5.41) is 13.4. The number of carbonyl (C=O) groups excluding carboxylic acids is 1. The van der Waals surface area contributed by atoms with Crippen LogP contribution in [0, 0.1) is 0 Å². The molecule has 2 rings (SSSR count). The Kier molecular flexibility index (Phi) is 4.55. The lowest BCUT2D eigenvalue weighted by atomic mass is 9.80. The lowest BCUT2D eigenvalue weighted by molar-refractivity contribution is -0.125. The fourth-order valence-electron chi connectivity index (χ4n) is 1.81. The molecule has 0 saturated heterocycles. The number of carbonyl (C=O) groups is 1. The number of nitrogens with one attached hydrogen (secondary N) is 1. The van der Waals surface area contributed by atoms with E-state index >= 15 is 0 Å². The minimum Gasteiger partial charge on any atom is -0.482 e. The second kappa shape index (κ2) is 5.99. The SMILES string of the molecule is O=C(COc1cc(Cl)ccc1Cl)NCC1(O)CCC1. The average molecular weight is 304 g/mol. The van der Waals surface area contributed by atoms with Crippen LogP contribution in [0.4, 0.5) is 0 Å². The van der Waals surface area contributed by atoms with Gasteiger partial charge in [-0.3, -0.25) is 4.79 Å². The number of hydrogen-bond donors (Lipinski definition) is 2. The first-order chi connectivity index (χ1) is 8.98. The lowest BCUT2D eigenvalue weighted by Crippen LogP contribution is -2.48. The smallest absolute Gasteiger partial charge is 0.258 e. The molecule has 0 aromatic heterocycles. The maximum Gasteiger partial charge on any atom is 0.258 e. The normalized spacial score (nSPS) is 16.6. The first-order valence-corrected chi connectivity index (χ1v) is 6.81. The second-order valence-corrected chi connectivity index (χ2v) is 5.56. The van der Waals surface area contributed by atoms with E-state index < -0.39 is 5.60 Å². The highest BCUT2D eigenvalue weighted by Gasteiger charge is 2.34. The van der Waals surface area contributed by atoms with Gasteiger partial charge in [-0.25, -0.2) is 0 Å². The molecule has 0 aliphatic heterocycles. The predicted molar refractivity (Wildman–Crippen MR) is 73.8 cm³/mol. The summed E-state index contributed by atoms with van der Waals surface area (Å²) in [4.78, 5) is 11.6. The summed E-state index contributed by atoms with van der Waals surface area (Å²) in [5.74, 6) is 0.0723. The predicted octanol–water partition coefficient (Wildman–Crippen LogP) is 2.40. The lowest BCUT2D eigenvalue weighted by Gasteiger charge is -2.36. The first kappa shape index (κ1) is 14.4. The Morgan fingerprint density at radius 1 is 1.42 bits per heavy atom. The molecular weight excluding hydrogens is 289 g/mol. The zero-order chi connectivity index (χ0) is 13.9. The van der Waals surface area contributed by atoms with Gasteiger partial charge in [0.1, 0.15) is 5.75 Å². The van der Waals surface area contributed by atoms with E-state index in [0.29, 0.717) is 15.8 Å². The van der Waals surface area contributed by atoms with Crippen LogP contribution in [0.3, 0.4) is 0 Å². The maximum atomic E-state index is 11.6. The molecule has 1 aliphatic carbocycles. The highest BCUT2D eigenvalue weighted by Crippen LogP contribution is 2.30. The summed E-state index contributed by atoms with van der Waals surface area (Å²) >= 11 is 11.7. The van der Waals surface area contributed by atoms with Crippen LogP contribution in [0.1, 0.15) is 19.3 Å². The van der Waals surface area contributed by atoms with Crippen molar-refractivity contribution in [1.29, 1.82) is 0 Å². The van der Waals surface area contributed by atoms with E-state index in [9.17, 15) is 9.90 Å².